The molecule has 0 spiro atoms. The standard InChI is InChI=1S/C16H27FN2O/c1-6-12(2)19(4)11-10-14(18-3)16-13(17)8-7-9-15(16)20-5/h7-9,12,14,18H,6,10-11H2,1-5H3. The van der Waals surface area contributed by atoms with Crippen molar-refractivity contribution in [3.05, 3.63) is 29.6 Å². The summed E-state index contributed by atoms with van der Waals surface area (Å²) < 4.78 is 19.4. The van der Waals surface area contributed by atoms with E-state index in [0.717, 1.165) is 19.4 Å². The third-order valence-electron chi connectivity index (χ3n) is 4.04. The molecule has 1 aromatic rings. The van der Waals surface area contributed by atoms with E-state index in [-0.39, 0.29) is 11.9 Å². The highest BCUT2D eigenvalue weighted by Crippen LogP contribution is 2.29. The van der Waals surface area contributed by atoms with Crippen LogP contribution in [0.3, 0.4) is 0 Å². The molecule has 3 nitrogen and oxygen atoms in total. The minimum atomic E-state index is -0.213. The van der Waals surface area contributed by atoms with Gasteiger partial charge < -0.3 is 15.0 Å². The second kappa shape index (κ2) is 8.22. The average molecular weight is 282 g/mol. The summed E-state index contributed by atoms with van der Waals surface area (Å²) in [5, 5.41) is 3.20. The molecule has 2 unspecified atom stereocenters. The van der Waals surface area contributed by atoms with Gasteiger partial charge in [-0.1, -0.05) is 13.0 Å². The number of ether oxygens (including phenoxy) is 1. The lowest BCUT2D eigenvalue weighted by molar-refractivity contribution is 0.237. The molecule has 2 atom stereocenters. The maximum atomic E-state index is 14.1. The summed E-state index contributed by atoms with van der Waals surface area (Å²) >= 11 is 0. The zero-order valence-corrected chi connectivity index (χ0v) is 13.2. The lowest BCUT2D eigenvalue weighted by Crippen LogP contribution is -2.32. The molecule has 0 amide bonds. The molecule has 1 N–H and O–H groups in total. The van der Waals surface area contributed by atoms with Crippen LogP contribution in [-0.4, -0.2) is 38.7 Å². The molecule has 0 radical (unpaired) electrons. The molecular weight excluding hydrogens is 255 g/mol. The van der Waals surface area contributed by atoms with Crippen molar-refractivity contribution in [2.75, 3.05) is 27.7 Å². The van der Waals surface area contributed by atoms with Gasteiger partial charge in [0.15, 0.2) is 0 Å². The lowest BCUT2D eigenvalue weighted by atomic mass is 10.0. The highest BCUT2D eigenvalue weighted by molar-refractivity contribution is 5.37. The van der Waals surface area contributed by atoms with Gasteiger partial charge in [0.05, 0.1) is 7.11 Å². The Hall–Kier alpha value is -1.13. The van der Waals surface area contributed by atoms with Crippen LogP contribution in [0.1, 0.15) is 38.3 Å². The Morgan fingerprint density at radius 2 is 2.10 bits per heavy atom. The average Bonchev–Trinajstić information content (AvgIpc) is 2.47. The zero-order chi connectivity index (χ0) is 15.1. The van der Waals surface area contributed by atoms with Crippen molar-refractivity contribution in [1.82, 2.24) is 10.2 Å². The molecule has 0 aliphatic heterocycles. The van der Waals surface area contributed by atoms with Gasteiger partial charge in [-0.25, -0.2) is 4.39 Å². The topological polar surface area (TPSA) is 24.5 Å². The van der Waals surface area contributed by atoms with Crippen LogP contribution in [0.15, 0.2) is 18.2 Å². The van der Waals surface area contributed by atoms with E-state index in [1.54, 1.807) is 19.2 Å². The molecule has 0 aromatic heterocycles. The molecule has 0 saturated carbocycles. The van der Waals surface area contributed by atoms with E-state index in [4.69, 9.17) is 4.74 Å². The first-order valence-corrected chi connectivity index (χ1v) is 7.25. The minimum Gasteiger partial charge on any atom is -0.496 e. The number of rotatable bonds is 8. The van der Waals surface area contributed by atoms with E-state index in [9.17, 15) is 4.39 Å². The molecule has 0 aliphatic carbocycles. The summed E-state index contributed by atoms with van der Waals surface area (Å²) in [5.41, 5.74) is 0.620. The van der Waals surface area contributed by atoms with Crippen LogP contribution in [0.25, 0.3) is 0 Å². The number of hydrogen-bond donors (Lipinski definition) is 1. The van der Waals surface area contributed by atoms with E-state index in [1.807, 2.05) is 7.05 Å². The summed E-state index contributed by atoms with van der Waals surface area (Å²) in [6.07, 6.45) is 1.96. The fourth-order valence-electron chi connectivity index (χ4n) is 2.33. The minimum absolute atomic E-state index is 0.0438. The van der Waals surface area contributed by atoms with E-state index in [0.29, 0.717) is 17.4 Å². The summed E-state index contributed by atoms with van der Waals surface area (Å²) in [5.74, 6) is 0.394. The van der Waals surface area contributed by atoms with Crippen LogP contribution >= 0.6 is 0 Å². The van der Waals surface area contributed by atoms with Crippen molar-refractivity contribution < 1.29 is 9.13 Å². The van der Waals surface area contributed by atoms with Crippen molar-refractivity contribution in [2.45, 2.75) is 38.8 Å². The SMILES string of the molecule is CCC(C)N(C)CCC(NC)c1c(F)cccc1OC. The molecular formula is C16H27FN2O. The van der Waals surface area contributed by atoms with Gasteiger partial charge >= 0.3 is 0 Å². The second-order valence-corrected chi connectivity index (χ2v) is 5.22. The molecule has 1 rings (SSSR count). The first kappa shape index (κ1) is 16.9. The number of nitrogens with one attached hydrogen (secondary N) is 1. The number of benzene rings is 1. The zero-order valence-electron chi connectivity index (χ0n) is 13.2. The Bertz CT molecular complexity index is 411. The summed E-state index contributed by atoms with van der Waals surface area (Å²) in [4.78, 5) is 2.30. The highest BCUT2D eigenvalue weighted by atomic mass is 19.1. The fraction of sp³-hybridized carbons (Fsp3) is 0.625. The molecule has 114 valence electrons. The number of hydrogen-bond acceptors (Lipinski definition) is 3. The van der Waals surface area contributed by atoms with Gasteiger partial charge in [0.25, 0.3) is 0 Å². The third kappa shape index (κ3) is 4.18. The summed E-state index contributed by atoms with van der Waals surface area (Å²) in [7, 11) is 5.55. The van der Waals surface area contributed by atoms with Crippen molar-refractivity contribution >= 4 is 0 Å². The lowest BCUT2D eigenvalue weighted by Gasteiger charge is -2.27. The monoisotopic (exact) mass is 282 g/mol. The van der Waals surface area contributed by atoms with Gasteiger partial charge in [-0.3, -0.25) is 0 Å². The van der Waals surface area contributed by atoms with Crippen LogP contribution in [0.5, 0.6) is 5.75 Å². The van der Waals surface area contributed by atoms with Gasteiger partial charge in [-0.15, -0.1) is 0 Å². The van der Waals surface area contributed by atoms with E-state index < -0.39 is 0 Å². The Labute approximate surface area is 122 Å². The molecule has 0 aliphatic rings. The third-order valence-corrected chi connectivity index (χ3v) is 4.04. The summed E-state index contributed by atoms with van der Waals surface area (Å²) in [6.45, 7) is 5.30. The maximum Gasteiger partial charge on any atom is 0.131 e. The van der Waals surface area contributed by atoms with Gasteiger partial charge in [-0.05, 0) is 52.5 Å². The molecule has 0 saturated heterocycles. The predicted octanol–water partition coefficient (Wildman–Crippen LogP) is 3.22. The van der Waals surface area contributed by atoms with Crippen LogP contribution in [0.4, 0.5) is 4.39 Å². The number of nitrogens with zero attached hydrogens (tertiary/aromatic N) is 1. The summed E-state index contributed by atoms with van der Waals surface area (Å²) in [6, 6.07) is 5.46. The van der Waals surface area contributed by atoms with Crippen molar-refractivity contribution in [2.24, 2.45) is 0 Å². The van der Waals surface area contributed by atoms with Crippen LogP contribution in [0.2, 0.25) is 0 Å². The van der Waals surface area contributed by atoms with Crippen molar-refractivity contribution in [3.63, 3.8) is 0 Å². The van der Waals surface area contributed by atoms with Crippen molar-refractivity contribution in [1.29, 1.82) is 0 Å². The number of halogens is 1. The molecule has 1 aromatic carbocycles. The Morgan fingerprint density at radius 1 is 1.40 bits per heavy atom. The molecule has 0 bridgehead atoms. The smallest absolute Gasteiger partial charge is 0.131 e. The van der Waals surface area contributed by atoms with Gasteiger partial charge in [0.2, 0.25) is 0 Å². The largest absolute Gasteiger partial charge is 0.496 e. The molecule has 20 heavy (non-hydrogen) atoms. The number of methoxy groups -OCH3 is 1. The predicted molar refractivity (Wildman–Crippen MR) is 81.8 cm³/mol. The highest BCUT2D eigenvalue weighted by Gasteiger charge is 2.20. The van der Waals surface area contributed by atoms with Crippen LogP contribution < -0.4 is 10.1 Å². The van der Waals surface area contributed by atoms with Gasteiger partial charge in [0, 0.05) is 17.6 Å². The first-order chi connectivity index (χ1) is 9.54. The molecule has 0 heterocycles. The maximum absolute atomic E-state index is 14.1. The Kier molecular flexibility index (Phi) is 6.96. The fourth-order valence-corrected chi connectivity index (χ4v) is 2.33. The first-order valence-electron chi connectivity index (χ1n) is 7.25. The van der Waals surface area contributed by atoms with E-state index in [2.05, 4.69) is 31.1 Å². The van der Waals surface area contributed by atoms with E-state index >= 15 is 0 Å². The van der Waals surface area contributed by atoms with Crippen molar-refractivity contribution in [3.8, 4) is 5.75 Å². The second-order valence-electron chi connectivity index (χ2n) is 5.22. The van der Waals surface area contributed by atoms with E-state index in [1.165, 1.54) is 6.07 Å². The van der Waals surface area contributed by atoms with Crippen LogP contribution in [0, 0.1) is 5.82 Å². The molecule has 4 heteroatoms. The van der Waals surface area contributed by atoms with Gasteiger partial charge in [-0.2, -0.15) is 0 Å². The Balaban J connectivity index is 2.81. The molecule has 0 fully saturated rings. The van der Waals surface area contributed by atoms with Crippen LogP contribution in [-0.2, 0) is 0 Å². The normalized spacial score (nSPS) is 14.3. The Morgan fingerprint density at radius 3 is 2.65 bits per heavy atom. The quantitative estimate of drug-likeness (QED) is 0.792. The van der Waals surface area contributed by atoms with Gasteiger partial charge in [0.1, 0.15) is 11.6 Å².